The Bertz CT molecular complexity index is 423. The Hall–Kier alpha value is -1.00. The van der Waals surface area contributed by atoms with Crippen molar-refractivity contribution in [1.82, 2.24) is 9.88 Å². The lowest BCUT2D eigenvalue weighted by atomic mass is 9.96. The third-order valence-corrected chi connectivity index (χ3v) is 4.05. The molecule has 1 aromatic rings. The van der Waals surface area contributed by atoms with E-state index in [0.717, 1.165) is 17.8 Å². The van der Waals surface area contributed by atoms with Crippen LogP contribution in [0.4, 0.5) is 0 Å². The highest BCUT2D eigenvalue weighted by molar-refractivity contribution is 7.80. The van der Waals surface area contributed by atoms with Crippen LogP contribution in [-0.4, -0.2) is 27.0 Å². The number of rotatable bonds is 3. The van der Waals surface area contributed by atoms with Crippen molar-refractivity contribution in [2.45, 2.75) is 51.7 Å². The Kier molecular flexibility index (Phi) is 4.30. The number of aromatic nitrogens is 1. The molecule has 0 amide bonds. The van der Waals surface area contributed by atoms with E-state index in [2.05, 4.69) is 29.8 Å². The predicted octanol–water partition coefficient (Wildman–Crippen LogP) is 2.48. The number of nitrogens with two attached hydrogens (primary N) is 1. The maximum absolute atomic E-state index is 5.74. The van der Waals surface area contributed by atoms with Gasteiger partial charge in [-0.05, 0) is 38.3 Å². The molecule has 2 rings (SSSR count). The topological polar surface area (TPSA) is 42.2 Å². The van der Waals surface area contributed by atoms with E-state index in [0.29, 0.717) is 17.1 Å². The maximum atomic E-state index is 5.74. The molecule has 0 spiro atoms. The first-order valence-electron chi connectivity index (χ1n) is 6.59. The van der Waals surface area contributed by atoms with Crippen LogP contribution >= 0.6 is 12.2 Å². The molecule has 1 aliphatic heterocycles. The molecule has 2 N–H and O–H groups in total. The summed E-state index contributed by atoms with van der Waals surface area (Å²) in [5.41, 5.74) is 7.66. The van der Waals surface area contributed by atoms with Crippen molar-refractivity contribution < 1.29 is 0 Å². The van der Waals surface area contributed by atoms with Gasteiger partial charge in [0.05, 0.1) is 0 Å². The van der Waals surface area contributed by atoms with Crippen molar-refractivity contribution >= 4 is 17.2 Å². The lowest BCUT2D eigenvalue weighted by Gasteiger charge is -2.39. The molecule has 0 unspecified atom stereocenters. The van der Waals surface area contributed by atoms with Gasteiger partial charge in [-0.3, -0.25) is 9.88 Å². The minimum Gasteiger partial charge on any atom is -0.388 e. The number of hydrogen-bond donors (Lipinski definition) is 1. The standard InChI is InChI=1S/C14H21N3S/c1-10-5-3-6-11(2)17(10)9-12-7-4-8-16-13(12)14(15)18/h4,7-8,10-11H,3,5-6,9H2,1-2H3,(H2,15,18)/t10-,11+. The third-order valence-electron chi connectivity index (χ3n) is 3.85. The van der Waals surface area contributed by atoms with Crippen molar-refractivity contribution in [3.8, 4) is 0 Å². The van der Waals surface area contributed by atoms with Gasteiger partial charge >= 0.3 is 0 Å². The Morgan fingerprint density at radius 1 is 1.44 bits per heavy atom. The first-order chi connectivity index (χ1) is 8.59. The molecule has 0 bridgehead atoms. The van der Waals surface area contributed by atoms with Gasteiger partial charge in [0.2, 0.25) is 0 Å². The first-order valence-corrected chi connectivity index (χ1v) is 7.00. The van der Waals surface area contributed by atoms with Gasteiger partial charge in [-0.2, -0.15) is 0 Å². The molecule has 2 atom stereocenters. The van der Waals surface area contributed by atoms with Crippen molar-refractivity contribution in [2.75, 3.05) is 0 Å². The number of likely N-dealkylation sites (tertiary alicyclic amines) is 1. The zero-order valence-electron chi connectivity index (χ0n) is 11.1. The normalized spacial score (nSPS) is 25.0. The van der Waals surface area contributed by atoms with E-state index in [1.165, 1.54) is 19.3 Å². The van der Waals surface area contributed by atoms with Gasteiger partial charge < -0.3 is 5.73 Å². The van der Waals surface area contributed by atoms with Crippen LogP contribution in [0.3, 0.4) is 0 Å². The van der Waals surface area contributed by atoms with Crippen LogP contribution in [0.15, 0.2) is 18.3 Å². The quantitative estimate of drug-likeness (QED) is 0.851. The van der Waals surface area contributed by atoms with E-state index in [4.69, 9.17) is 18.0 Å². The lowest BCUT2D eigenvalue weighted by molar-refractivity contribution is 0.0951. The fourth-order valence-corrected chi connectivity index (χ4v) is 2.95. The SMILES string of the molecule is C[C@@H]1CCC[C@H](C)N1Cc1cccnc1C(N)=S. The smallest absolute Gasteiger partial charge is 0.123 e. The van der Waals surface area contributed by atoms with E-state index in [-0.39, 0.29) is 0 Å². The molecule has 0 aliphatic carbocycles. The van der Waals surface area contributed by atoms with Crippen LogP contribution in [0.1, 0.15) is 44.4 Å². The molecule has 3 nitrogen and oxygen atoms in total. The highest BCUT2D eigenvalue weighted by atomic mass is 32.1. The summed E-state index contributed by atoms with van der Waals surface area (Å²) in [6, 6.07) is 5.27. The summed E-state index contributed by atoms with van der Waals surface area (Å²) >= 11 is 5.07. The van der Waals surface area contributed by atoms with E-state index in [1.807, 2.05) is 6.07 Å². The highest BCUT2D eigenvalue weighted by Crippen LogP contribution is 2.25. The van der Waals surface area contributed by atoms with Crippen LogP contribution < -0.4 is 5.73 Å². The van der Waals surface area contributed by atoms with E-state index >= 15 is 0 Å². The summed E-state index contributed by atoms with van der Waals surface area (Å²) in [6.07, 6.45) is 5.62. The molecule has 1 fully saturated rings. The fraction of sp³-hybridized carbons (Fsp3) is 0.571. The monoisotopic (exact) mass is 263 g/mol. The van der Waals surface area contributed by atoms with E-state index < -0.39 is 0 Å². The number of nitrogens with zero attached hydrogens (tertiary/aromatic N) is 2. The van der Waals surface area contributed by atoms with Gasteiger partial charge in [-0.1, -0.05) is 24.7 Å². The molecular formula is C14H21N3S. The summed E-state index contributed by atoms with van der Waals surface area (Å²) in [7, 11) is 0. The van der Waals surface area contributed by atoms with Crippen LogP contribution in [0.25, 0.3) is 0 Å². The Balaban J connectivity index is 2.20. The Morgan fingerprint density at radius 2 is 2.11 bits per heavy atom. The van der Waals surface area contributed by atoms with Gasteiger partial charge in [0.15, 0.2) is 0 Å². The second-order valence-electron chi connectivity index (χ2n) is 5.18. The summed E-state index contributed by atoms with van der Waals surface area (Å²) < 4.78 is 0. The third kappa shape index (κ3) is 2.87. The van der Waals surface area contributed by atoms with Crippen LogP contribution in [-0.2, 0) is 6.54 Å². The minimum atomic E-state index is 0.392. The molecule has 1 aliphatic rings. The second kappa shape index (κ2) is 5.76. The van der Waals surface area contributed by atoms with Crippen LogP contribution in [0.2, 0.25) is 0 Å². The number of hydrogen-bond acceptors (Lipinski definition) is 3. The predicted molar refractivity (Wildman–Crippen MR) is 78.4 cm³/mol. The first kappa shape index (κ1) is 13.4. The fourth-order valence-electron chi connectivity index (χ4n) is 2.77. The van der Waals surface area contributed by atoms with Gasteiger partial charge in [0.1, 0.15) is 10.7 Å². The average molecular weight is 263 g/mol. The number of thiocarbonyl (C=S) groups is 1. The molecule has 0 radical (unpaired) electrons. The second-order valence-corrected chi connectivity index (χ2v) is 5.62. The van der Waals surface area contributed by atoms with Gasteiger partial charge in [-0.25, -0.2) is 0 Å². The highest BCUT2D eigenvalue weighted by Gasteiger charge is 2.25. The summed E-state index contributed by atoms with van der Waals surface area (Å²) in [5.74, 6) is 0. The zero-order valence-corrected chi connectivity index (χ0v) is 11.9. The molecular weight excluding hydrogens is 242 g/mol. The van der Waals surface area contributed by atoms with E-state index in [1.54, 1.807) is 6.20 Å². The summed E-state index contributed by atoms with van der Waals surface area (Å²) in [6.45, 7) is 5.49. The largest absolute Gasteiger partial charge is 0.388 e. The molecule has 0 saturated carbocycles. The number of pyridine rings is 1. The Morgan fingerprint density at radius 3 is 2.72 bits per heavy atom. The van der Waals surface area contributed by atoms with Crippen molar-refractivity contribution in [3.63, 3.8) is 0 Å². The molecule has 98 valence electrons. The minimum absolute atomic E-state index is 0.392. The molecule has 1 aromatic heterocycles. The maximum Gasteiger partial charge on any atom is 0.123 e. The summed E-state index contributed by atoms with van der Waals surface area (Å²) in [5, 5.41) is 0. The molecule has 4 heteroatoms. The average Bonchev–Trinajstić information content (AvgIpc) is 2.34. The van der Waals surface area contributed by atoms with Crippen LogP contribution in [0, 0.1) is 0 Å². The summed E-state index contributed by atoms with van der Waals surface area (Å²) in [4.78, 5) is 7.22. The molecule has 1 saturated heterocycles. The zero-order chi connectivity index (χ0) is 13.1. The molecule has 0 aromatic carbocycles. The number of piperidine rings is 1. The lowest BCUT2D eigenvalue weighted by Crippen LogP contribution is -2.43. The van der Waals surface area contributed by atoms with Gasteiger partial charge in [-0.15, -0.1) is 0 Å². The van der Waals surface area contributed by atoms with Crippen LogP contribution in [0.5, 0.6) is 0 Å². The van der Waals surface area contributed by atoms with Gasteiger partial charge in [0.25, 0.3) is 0 Å². The molecule has 18 heavy (non-hydrogen) atoms. The Labute approximate surface area is 114 Å². The van der Waals surface area contributed by atoms with Crippen molar-refractivity contribution in [3.05, 3.63) is 29.6 Å². The van der Waals surface area contributed by atoms with E-state index in [9.17, 15) is 0 Å². The molecule has 2 heterocycles. The van der Waals surface area contributed by atoms with Crippen molar-refractivity contribution in [1.29, 1.82) is 0 Å². The van der Waals surface area contributed by atoms with Gasteiger partial charge in [0, 0.05) is 24.8 Å². The van der Waals surface area contributed by atoms with Crippen molar-refractivity contribution in [2.24, 2.45) is 5.73 Å².